The summed E-state index contributed by atoms with van der Waals surface area (Å²) in [7, 11) is 0. The van der Waals surface area contributed by atoms with Gasteiger partial charge in [0, 0.05) is 22.7 Å². The van der Waals surface area contributed by atoms with E-state index in [2.05, 4.69) is 31.9 Å². The standard InChI is InChI=1S/C9H11Br2NO2/c10-5-3-6(8(12)1-2-13)9(14)7(11)4-5/h3-4,8,13-14H,1-2,12H2. The number of benzene rings is 1. The second kappa shape index (κ2) is 5.11. The Morgan fingerprint density at radius 1 is 1.36 bits per heavy atom. The minimum atomic E-state index is -0.353. The van der Waals surface area contributed by atoms with Gasteiger partial charge in [-0.3, -0.25) is 0 Å². The van der Waals surface area contributed by atoms with E-state index in [4.69, 9.17) is 10.8 Å². The van der Waals surface area contributed by atoms with Crippen molar-refractivity contribution in [1.29, 1.82) is 0 Å². The molecule has 5 heteroatoms. The summed E-state index contributed by atoms with van der Waals surface area (Å²) in [5.41, 5.74) is 6.41. The van der Waals surface area contributed by atoms with Gasteiger partial charge in [0.15, 0.2) is 0 Å². The molecule has 0 saturated heterocycles. The molecule has 0 spiro atoms. The Morgan fingerprint density at radius 2 is 2.00 bits per heavy atom. The summed E-state index contributed by atoms with van der Waals surface area (Å²) < 4.78 is 1.43. The largest absolute Gasteiger partial charge is 0.506 e. The molecule has 0 fully saturated rings. The molecule has 0 saturated carbocycles. The van der Waals surface area contributed by atoms with Crippen LogP contribution in [-0.2, 0) is 0 Å². The molecule has 0 radical (unpaired) electrons. The Balaban J connectivity index is 3.07. The highest BCUT2D eigenvalue weighted by molar-refractivity contribution is 9.11. The smallest absolute Gasteiger partial charge is 0.134 e. The van der Waals surface area contributed by atoms with Gasteiger partial charge in [-0.2, -0.15) is 0 Å². The lowest BCUT2D eigenvalue weighted by Gasteiger charge is -2.13. The van der Waals surface area contributed by atoms with Gasteiger partial charge in [-0.25, -0.2) is 0 Å². The molecule has 0 aliphatic rings. The molecular formula is C9H11Br2NO2. The average molecular weight is 325 g/mol. The zero-order chi connectivity index (χ0) is 10.7. The Labute approximate surface area is 99.2 Å². The van der Waals surface area contributed by atoms with E-state index in [-0.39, 0.29) is 18.4 Å². The molecule has 3 nitrogen and oxygen atoms in total. The molecule has 0 aliphatic carbocycles. The number of hydrogen-bond donors (Lipinski definition) is 3. The van der Waals surface area contributed by atoms with Crippen LogP contribution < -0.4 is 5.73 Å². The molecule has 0 aromatic heterocycles. The van der Waals surface area contributed by atoms with Gasteiger partial charge < -0.3 is 15.9 Å². The third kappa shape index (κ3) is 2.70. The first-order valence-corrected chi connectivity index (χ1v) is 5.69. The van der Waals surface area contributed by atoms with Crippen LogP contribution in [0.1, 0.15) is 18.0 Å². The summed E-state index contributed by atoms with van der Waals surface area (Å²) in [4.78, 5) is 0. The van der Waals surface area contributed by atoms with Crippen LogP contribution in [0.3, 0.4) is 0 Å². The predicted octanol–water partition coefficient (Wildman–Crippen LogP) is 2.30. The van der Waals surface area contributed by atoms with E-state index in [0.29, 0.717) is 16.5 Å². The third-order valence-corrected chi connectivity index (χ3v) is 2.96. The summed E-state index contributed by atoms with van der Waals surface area (Å²) in [6, 6.07) is 3.14. The normalized spacial score (nSPS) is 12.9. The minimum absolute atomic E-state index is 0.00470. The fourth-order valence-corrected chi connectivity index (χ4v) is 2.42. The summed E-state index contributed by atoms with van der Waals surface area (Å²) in [5.74, 6) is 0.133. The van der Waals surface area contributed by atoms with E-state index in [9.17, 15) is 5.11 Å². The van der Waals surface area contributed by atoms with E-state index in [1.54, 1.807) is 12.1 Å². The quantitative estimate of drug-likeness (QED) is 0.799. The lowest BCUT2D eigenvalue weighted by atomic mass is 10.0. The Bertz CT molecular complexity index is 331. The molecule has 1 atom stereocenters. The van der Waals surface area contributed by atoms with Crippen LogP contribution in [0.15, 0.2) is 21.1 Å². The highest BCUT2D eigenvalue weighted by Crippen LogP contribution is 2.35. The van der Waals surface area contributed by atoms with Crippen LogP contribution >= 0.6 is 31.9 Å². The van der Waals surface area contributed by atoms with Crippen molar-refractivity contribution in [1.82, 2.24) is 0 Å². The number of phenols is 1. The monoisotopic (exact) mass is 323 g/mol. The minimum Gasteiger partial charge on any atom is -0.506 e. The highest BCUT2D eigenvalue weighted by Gasteiger charge is 2.13. The SMILES string of the molecule is NC(CCO)c1cc(Br)cc(Br)c1O. The number of hydrogen-bond acceptors (Lipinski definition) is 3. The molecule has 1 aromatic rings. The second-order valence-corrected chi connectivity index (χ2v) is 4.71. The predicted molar refractivity (Wildman–Crippen MR) is 62.1 cm³/mol. The molecule has 14 heavy (non-hydrogen) atoms. The molecule has 1 aromatic carbocycles. The van der Waals surface area contributed by atoms with Gasteiger partial charge in [-0.1, -0.05) is 15.9 Å². The van der Waals surface area contributed by atoms with Crippen molar-refractivity contribution in [2.75, 3.05) is 6.61 Å². The maximum absolute atomic E-state index is 9.69. The molecule has 0 bridgehead atoms. The van der Waals surface area contributed by atoms with Crippen LogP contribution in [0.25, 0.3) is 0 Å². The van der Waals surface area contributed by atoms with Crippen molar-refractivity contribution in [3.63, 3.8) is 0 Å². The van der Waals surface area contributed by atoms with Crippen LogP contribution in [0.5, 0.6) is 5.75 Å². The molecule has 0 heterocycles. The molecular weight excluding hydrogens is 314 g/mol. The van der Waals surface area contributed by atoms with E-state index in [1.807, 2.05) is 0 Å². The zero-order valence-electron chi connectivity index (χ0n) is 7.37. The van der Waals surface area contributed by atoms with Crippen molar-refractivity contribution in [3.05, 3.63) is 26.6 Å². The van der Waals surface area contributed by atoms with Gasteiger partial charge in [0.2, 0.25) is 0 Å². The van der Waals surface area contributed by atoms with Crippen LogP contribution in [-0.4, -0.2) is 16.8 Å². The lowest BCUT2D eigenvalue weighted by Crippen LogP contribution is -2.12. The van der Waals surface area contributed by atoms with Crippen molar-refractivity contribution in [2.45, 2.75) is 12.5 Å². The van der Waals surface area contributed by atoms with Gasteiger partial charge in [-0.15, -0.1) is 0 Å². The van der Waals surface area contributed by atoms with Crippen LogP contribution in [0.2, 0.25) is 0 Å². The molecule has 1 rings (SSSR count). The van der Waals surface area contributed by atoms with Gasteiger partial charge in [0.1, 0.15) is 5.75 Å². The molecule has 78 valence electrons. The summed E-state index contributed by atoms with van der Waals surface area (Å²) in [5, 5.41) is 18.4. The van der Waals surface area contributed by atoms with Crippen molar-refractivity contribution in [2.24, 2.45) is 5.73 Å². The van der Waals surface area contributed by atoms with Gasteiger partial charge in [-0.05, 0) is 34.5 Å². The van der Waals surface area contributed by atoms with Crippen LogP contribution in [0, 0.1) is 0 Å². The first-order chi connectivity index (χ1) is 6.56. The van der Waals surface area contributed by atoms with Crippen molar-refractivity contribution in [3.8, 4) is 5.75 Å². The maximum atomic E-state index is 9.69. The van der Waals surface area contributed by atoms with Crippen LogP contribution in [0.4, 0.5) is 0 Å². The third-order valence-electron chi connectivity index (χ3n) is 1.90. The molecule has 0 amide bonds. The topological polar surface area (TPSA) is 66.5 Å². The summed E-state index contributed by atoms with van der Waals surface area (Å²) >= 11 is 6.53. The highest BCUT2D eigenvalue weighted by atomic mass is 79.9. The maximum Gasteiger partial charge on any atom is 0.134 e. The molecule has 0 aliphatic heterocycles. The summed E-state index contributed by atoms with van der Waals surface area (Å²) in [6.07, 6.45) is 0.427. The fourth-order valence-electron chi connectivity index (χ4n) is 1.16. The van der Waals surface area contributed by atoms with E-state index >= 15 is 0 Å². The fraction of sp³-hybridized carbons (Fsp3) is 0.333. The second-order valence-electron chi connectivity index (χ2n) is 2.94. The Hall–Kier alpha value is -0.100. The average Bonchev–Trinajstić information content (AvgIpc) is 2.11. The molecule has 4 N–H and O–H groups in total. The number of nitrogens with two attached hydrogens (primary N) is 1. The van der Waals surface area contributed by atoms with Gasteiger partial charge >= 0.3 is 0 Å². The number of aromatic hydroxyl groups is 1. The molecule has 1 unspecified atom stereocenters. The van der Waals surface area contributed by atoms with Crippen molar-refractivity contribution >= 4 is 31.9 Å². The van der Waals surface area contributed by atoms with Gasteiger partial charge in [0.05, 0.1) is 4.47 Å². The summed E-state index contributed by atoms with van der Waals surface area (Å²) in [6.45, 7) is 0.00470. The van der Waals surface area contributed by atoms with Crippen molar-refractivity contribution < 1.29 is 10.2 Å². The first kappa shape index (κ1) is 12.0. The first-order valence-electron chi connectivity index (χ1n) is 4.10. The number of halogens is 2. The van der Waals surface area contributed by atoms with E-state index in [1.165, 1.54) is 0 Å². The zero-order valence-corrected chi connectivity index (χ0v) is 10.5. The lowest BCUT2D eigenvalue weighted by molar-refractivity contribution is 0.275. The number of aliphatic hydroxyl groups excluding tert-OH is 1. The Morgan fingerprint density at radius 3 is 2.57 bits per heavy atom. The number of rotatable bonds is 3. The van der Waals surface area contributed by atoms with E-state index < -0.39 is 0 Å². The van der Waals surface area contributed by atoms with E-state index in [0.717, 1.165) is 4.47 Å². The Kier molecular flexibility index (Phi) is 4.37. The number of aliphatic hydroxyl groups is 1. The number of phenolic OH excluding ortho intramolecular Hbond substituents is 1. The van der Waals surface area contributed by atoms with Gasteiger partial charge in [0.25, 0.3) is 0 Å².